The van der Waals surface area contributed by atoms with E-state index in [4.69, 9.17) is 12.2 Å². The highest BCUT2D eigenvalue weighted by molar-refractivity contribution is 8.26. The van der Waals surface area contributed by atoms with Gasteiger partial charge in [0.05, 0.1) is 4.91 Å². The van der Waals surface area contributed by atoms with Crippen LogP contribution in [0.25, 0.3) is 6.08 Å². The minimum atomic E-state index is -1.04. The van der Waals surface area contributed by atoms with E-state index in [-0.39, 0.29) is 5.91 Å². The topological polar surface area (TPSA) is 57.6 Å². The van der Waals surface area contributed by atoms with Crippen LogP contribution in [-0.2, 0) is 9.59 Å². The van der Waals surface area contributed by atoms with Gasteiger partial charge in [-0.15, -0.1) is 0 Å². The third kappa shape index (κ3) is 3.16. The zero-order valence-corrected chi connectivity index (χ0v) is 13.3. The second kappa shape index (κ2) is 6.41. The lowest BCUT2D eigenvalue weighted by molar-refractivity contribution is -0.145. The molecule has 1 N–H and O–H groups in total. The number of hydrogen-bond acceptors (Lipinski definition) is 4. The molecule has 0 spiro atoms. The molecule has 0 radical (unpaired) electrons. The van der Waals surface area contributed by atoms with Gasteiger partial charge in [0.15, 0.2) is 0 Å². The monoisotopic (exact) mass is 321 g/mol. The van der Waals surface area contributed by atoms with Crippen molar-refractivity contribution < 1.29 is 14.7 Å². The number of benzene rings is 1. The molecule has 1 aliphatic heterocycles. The minimum Gasteiger partial charge on any atom is -0.480 e. The van der Waals surface area contributed by atoms with E-state index >= 15 is 0 Å². The van der Waals surface area contributed by atoms with E-state index < -0.39 is 12.0 Å². The number of carboxylic acid groups (broad SMARTS) is 1. The van der Waals surface area contributed by atoms with Crippen LogP contribution in [0.5, 0.6) is 0 Å². The number of nitrogens with zero attached hydrogens (tertiary/aromatic N) is 1. The van der Waals surface area contributed by atoms with Crippen molar-refractivity contribution in [1.82, 2.24) is 4.90 Å². The molecule has 2 rings (SSSR count). The number of amides is 1. The summed E-state index contributed by atoms with van der Waals surface area (Å²) >= 11 is 6.32. The molecule has 0 saturated carbocycles. The van der Waals surface area contributed by atoms with E-state index in [9.17, 15) is 14.7 Å². The number of thioether (sulfide) groups is 1. The molecule has 0 aliphatic carbocycles. The maximum Gasteiger partial charge on any atom is 0.326 e. The number of carboxylic acids is 1. The van der Waals surface area contributed by atoms with Crippen molar-refractivity contribution in [3.05, 3.63) is 40.3 Å². The Labute approximate surface area is 132 Å². The maximum absolute atomic E-state index is 12.4. The van der Waals surface area contributed by atoms with Crippen LogP contribution >= 0.6 is 24.0 Å². The third-order valence-corrected chi connectivity index (χ3v) is 4.61. The zero-order valence-electron chi connectivity index (χ0n) is 11.7. The van der Waals surface area contributed by atoms with E-state index in [2.05, 4.69) is 0 Å². The van der Waals surface area contributed by atoms with Crippen molar-refractivity contribution in [2.45, 2.75) is 26.3 Å². The lowest BCUT2D eigenvalue weighted by Gasteiger charge is -2.21. The fraction of sp³-hybridized carbons (Fsp3) is 0.267. The highest BCUT2D eigenvalue weighted by Crippen LogP contribution is 2.34. The van der Waals surface area contributed by atoms with Gasteiger partial charge < -0.3 is 5.11 Å². The summed E-state index contributed by atoms with van der Waals surface area (Å²) < 4.78 is 0.300. The molecule has 1 aliphatic rings. The number of carbonyl (C=O) groups is 2. The Hall–Kier alpha value is -1.66. The van der Waals surface area contributed by atoms with Crippen LogP contribution < -0.4 is 0 Å². The number of rotatable bonds is 4. The Morgan fingerprint density at radius 1 is 1.48 bits per heavy atom. The van der Waals surface area contributed by atoms with Gasteiger partial charge in [0.25, 0.3) is 5.91 Å². The molecular weight excluding hydrogens is 306 g/mol. The Morgan fingerprint density at radius 2 is 2.14 bits per heavy atom. The fourth-order valence-corrected chi connectivity index (χ4v) is 3.45. The standard InChI is InChI=1S/C15H15NO3S2/c1-3-11(14(18)19)16-13(17)12(21-15(16)20)8-10-7-5-4-6-9(10)2/h4-8,11H,3H2,1-2H3,(H,18,19)/b12-8+. The summed E-state index contributed by atoms with van der Waals surface area (Å²) in [6.45, 7) is 3.68. The second-order valence-electron chi connectivity index (χ2n) is 4.67. The zero-order chi connectivity index (χ0) is 15.6. The number of thiocarbonyl (C=S) groups is 1. The first-order chi connectivity index (χ1) is 9.95. The molecule has 1 amide bonds. The van der Waals surface area contributed by atoms with Crippen molar-refractivity contribution in [3.8, 4) is 0 Å². The predicted octanol–water partition coefficient (Wildman–Crippen LogP) is 3.06. The average Bonchev–Trinajstić information content (AvgIpc) is 2.70. The number of carbonyl (C=O) groups excluding carboxylic acids is 1. The van der Waals surface area contributed by atoms with Gasteiger partial charge in [-0.1, -0.05) is 55.2 Å². The first kappa shape index (κ1) is 15.7. The molecule has 1 aromatic carbocycles. The molecule has 1 heterocycles. The Bertz CT molecular complexity index is 640. The molecule has 1 saturated heterocycles. The normalized spacial score (nSPS) is 18.4. The number of hydrogen-bond donors (Lipinski definition) is 1. The molecule has 1 fully saturated rings. The lowest BCUT2D eigenvalue weighted by Crippen LogP contribution is -2.43. The summed E-state index contributed by atoms with van der Waals surface area (Å²) in [7, 11) is 0. The highest BCUT2D eigenvalue weighted by Gasteiger charge is 2.39. The van der Waals surface area contributed by atoms with E-state index in [0.29, 0.717) is 15.6 Å². The van der Waals surface area contributed by atoms with E-state index in [1.54, 1.807) is 13.0 Å². The van der Waals surface area contributed by atoms with Crippen molar-refractivity contribution in [2.24, 2.45) is 0 Å². The molecule has 21 heavy (non-hydrogen) atoms. The second-order valence-corrected chi connectivity index (χ2v) is 6.35. The molecular formula is C15H15NO3S2. The molecule has 1 atom stereocenters. The van der Waals surface area contributed by atoms with E-state index in [0.717, 1.165) is 22.9 Å². The van der Waals surface area contributed by atoms with Crippen molar-refractivity contribution >= 4 is 46.3 Å². The summed E-state index contributed by atoms with van der Waals surface area (Å²) in [5.74, 6) is -1.37. The number of aliphatic carboxylic acids is 1. The van der Waals surface area contributed by atoms with Gasteiger partial charge in [-0.05, 0) is 30.5 Å². The largest absolute Gasteiger partial charge is 0.480 e. The Morgan fingerprint density at radius 3 is 2.71 bits per heavy atom. The van der Waals surface area contributed by atoms with Gasteiger partial charge in [-0.3, -0.25) is 9.69 Å². The van der Waals surface area contributed by atoms with Crippen LogP contribution in [0.2, 0.25) is 0 Å². The molecule has 0 aromatic heterocycles. The fourth-order valence-electron chi connectivity index (χ4n) is 2.11. The van der Waals surface area contributed by atoms with Crippen LogP contribution in [0.1, 0.15) is 24.5 Å². The van der Waals surface area contributed by atoms with E-state index in [1.807, 2.05) is 31.2 Å². The first-order valence-electron chi connectivity index (χ1n) is 6.51. The first-order valence-corrected chi connectivity index (χ1v) is 7.73. The van der Waals surface area contributed by atoms with Crippen molar-refractivity contribution in [1.29, 1.82) is 0 Å². The summed E-state index contributed by atoms with van der Waals surface area (Å²) in [6, 6.07) is 6.79. The summed E-state index contributed by atoms with van der Waals surface area (Å²) in [4.78, 5) is 25.3. The smallest absolute Gasteiger partial charge is 0.326 e. The van der Waals surface area contributed by atoms with Gasteiger partial charge >= 0.3 is 5.97 Å². The molecule has 110 valence electrons. The molecule has 1 aromatic rings. The molecule has 1 unspecified atom stereocenters. The van der Waals surface area contributed by atoms with Gasteiger partial charge in [-0.25, -0.2) is 4.79 Å². The van der Waals surface area contributed by atoms with E-state index in [1.165, 1.54) is 4.90 Å². The average molecular weight is 321 g/mol. The Kier molecular flexibility index (Phi) is 4.80. The predicted molar refractivity (Wildman–Crippen MR) is 87.9 cm³/mol. The highest BCUT2D eigenvalue weighted by atomic mass is 32.2. The minimum absolute atomic E-state index is 0.300. The number of aryl methyl sites for hydroxylation is 1. The maximum atomic E-state index is 12.4. The van der Waals surface area contributed by atoms with Gasteiger partial charge in [0.2, 0.25) is 0 Å². The quantitative estimate of drug-likeness (QED) is 0.682. The van der Waals surface area contributed by atoms with Crippen LogP contribution in [-0.4, -0.2) is 32.2 Å². The third-order valence-electron chi connectivity index (χ3n) is 3.28. The molecule has 6 heteroatoms. The van der Waals surface area contributed by atoms with Crippen LogP contribution in [0.3, 0.4) is 0 Å². The van der Waals surface area contributed by atoms with Crippen LogP contribution in [0, 0.1) is 6.92 Å². The summed E-state index contributed by atoms with van der Waals surface area (Å²) in [6.07, 6.45) is 2.09. The molecule has 4 nitrogen and oxygen atoms in total. The van der Waals surface area contributed by atoms with Crippen LogP contribution in [0.4, 0.5) is 0 Å². The van der Waals surface area contributed by atoms with Gasteiger partial charge in [0, 0.05) is 0 Å². The van der Waals surface area contributed by atoms with Crippen molar-refractivity contribution in [3.63, 3.8) is 0 Å². The Balaban J connectivity index is 2.34. The SMILES string of the molecule is CCC(C(=O)O)N1C(=O)/C(=C\c2ccccc2C)SC1=S. The van der Waals surface area contributed by atoms with Gasteiger partial charge in [-0.2, -0.15) is 0 Å². The van der Waals surface area contributed by atoms with Crippen LogP contribution in [0.15, 0.2) is 29.2 Å². The van der Waals surface area contributed by atoms with Gasteiger partial charge in [0.1, 0.15) is 10.4 Å². The lowest BCUT2D eigenvalue weighted by atomic mass is 10.1. The van der Waals surface area contributed by atoms with Crippen molar-refractivity contribution in [2.75, 3.05) is 0 Å². The summed E-state index contributed by atoms with van der Waals surface area (Å²) in [5.41, 5.74) is 1.98. The molecule has 0 bridgehead atoms. The summed E-state index contributed by atoms with van der Waals surface area (Å²) in [5, 5.41) is 9.21.